The smallest absolute Gasteiger partial charge is 0.258 e. The van der Waals surface area contributed by atoms with E-state index in [1.54, 1.807) is 0 Å². The third-order valence-electron chi connectivity index (χ3n) is 2.57. The van der Waals surface area contributed by atoms with Gasteiger partial charge in [0.2, 0.25) is 0 Å². The molecule has 1 aromatic heterocycles. The van der Waals surface area contributed by atoms with Crippen LogP contribution in [0.1, 0.15) is 11.1 Å². The number of nitrogens with zero attached hydrogens (tertiary/aromatic N) is 1. The van der Waals surface area contributed by atoms with Gasteiger partial charge in [-0.1, -0.05) is 17.7 Å². The number of aliphatic hydroxyl groups excluding tert-OH is 1. The fraction of sp³-hybridized carbons (Fsp3) is 0.182. The topological polar surface area (TPSA) is 95.1 Å². The van der Waals surface area contributed by atoms with Crippen LogP contribution >= 0.6 is 11.6 Å². The Morgan fingerprint density at radius 1 is 1.45 bits per heavy atom. The number of benzene rings is 1. The van der Waals surface area contributed by atoms with Crippen LogP contribution in [0.25, 0.3) is 0 Å². The van der Waals surface area contributed by atoms with Crippen molar-refractivity contribution in [1.29, 1.82) is 0 Å². The van der Waals surface area contributed by atoms with Crippen molar-refractivity contribution < 1.29 is 17.9 Å². The lowest BCUT2D eigenvalue weighted by Gasteiger charge is -2.07. The number of aromatic amines is 1. The highest BCUT2D eigenvalue weighted by molar-refractivity contribution is 7.89. The van der Waals surface area contributed by atoms with Gasteiger partial charge in [-0.25, -0.2) is 17.5 Å². The molecule has 9 heteroatoms. The maximum absolute atomic E-state index is 13.0. The van der Waals surface area contributed by atoms with Gasteiger partial charge >= 0.3 is 0 Å². The molecule has 108 valence electrons. The average Bonchev–Trinajstić information content (AvgIpc) is 2.89. The number of halogens is 2. The Morgan fingerprint density at radius 3 is 2.85 bits per heavy atom. The number of aromatic nitrogens is 2. The molecule has 0 fully saturated rings. The van der Waals surface area contributed by atoms with Crippen LogP contribution in [-0.2, 0) is 23.2 Å². The highest BCUT2D eigenvalue weighted by Gasteiger charge is 2.20. The first-order valence-corrected chi connectivity index (χ1v) is 7.37. The normalized spacial score (nSPS) is 11.8. The van der Waals surface area contributed by atoms with Gasteiger partial charge in [-0.2, -0.15) is 5.10 Å². The van der Waals surface area contributed by atoms with Crippen molar-refractivity contribution >= 4 is 21.6 Å². The Bertz CT molecular complexity index is 717. The minimum absolute atomic E-state index is 0.0633. The molecular weight excluding hydrogens is 309 g/mol. The summed E-state index contributed by atoms with van der Waals surface area (Å²) >= 11 is 5.61. The van der Waals surface area contributed by atoms with Crippen molar-refractivity contribution in [3.05, 3.63) is 46.4 Å². The van der Waals surface area contributed by atoms with E-state index in [4.69, 9.17) is 16.7 Å². The average molecular weight is 320 g/mol. The predicted molar refractivity (Wildman–Crippen MR) is 69.9 cm³/mol. The van der Waals surface area contributed by atoms with Crippen molar-refractivity contribution in [3.63, 3.8) is 0 Å². The summed E-state index contributed by atoms with van der Waals surface area (Å²) in [6.45, 7) is -0.513. The van der Waals surface area contributed by atoms with Gasteiger partial charge in [0.15, 0.2) is 5.03 Å². The van der Waals surface area contributed by atoms with E-state index in [1.807, 2.05) is 0 Å². The molecule has 0 amide bonds. The third-order valence-corrected chi connectivity index (χ3v) is 4.27. The number of rotatable bonds is 5. The van der Waals surface area contributed by atoms with E-state index < -0.39 is 22.4 Å². The van der Waals surface area contributed by atoms with Gasteiger partial charge in [0.05, 0.1) is 17.8 Å². The number of sulfonamides is 1. The Balaban J connectivity index is 2.15. The van der Waals surface area contributed by atoms with E-state index in [0.29, 0.717) is 5.56 Å². The zero-order valence-electron chi connectivity index (χ0n) is 10.1. The molecule has 1 heterocycles. The minimum Gasteiger partial charge on any atom is -0.392 e. The van der Waals surface area contributed by atoms with Crippen LogP contribution in [0.2, 0.25) is 5.02 Å². The maximum Gasteiger partial charge on any atom is 0.258 e. The van der Waals surface area contributed by atoms with Crippen molar-refractivity contribution in [3.8, 4) is 0 Å². The Labute approximate surface area is 119 Å². The summed E-state index contributed by atoms with van der Waals surface area (Å²) in [6.07, 6.45) is 1.23. The number of aliphatic hydroxyl groups is 1. The lowest BCUT2D eigenvalue weighted by Crippen LogP contribution is -2.24. The molecule has 0 spiro atoms. The second-order valence-corrected chi connectivity index (χ2v) is 6.07. The molecule has 20 heavy (non-hydrogen) atoms. The minimum atomic E-state index is -3.85. The van der Waals surface area contributed by atoms with Gasteiger partial charge in [0, 0.05) is 12.1 Å². The number of H-pyrrole nitrogens is 1. The Hall–Kier alpha value is -1.48. The van der Waals surface area contributed by atoms with Gasteiger partial charge in [0.1, 0.15) is 5.82 Å². The van der Waals surface area contributed by atoms with Crippen LogP contribution in [0, 0.1) is 5.82 Å². The lowest BCUT2D eigenvalue weighted by molar-refractivity contribution is 0.278. The first kappa shape index (κ1) is 14.9. The standard InChI is InChI=1S/C11H11ClFN3O3S/c12-9-3-7(1-2-10(9)13)4-15-20(18,19)11-8(6-17)5-14-16-11/h1-3,5,15,17H,4,6H2,(H,14,16). The monoisotopic (exact) mass is 319 g/mol. The highest BCUT2D eigenvalue weighted by Crippen LogP contribution is 2.17. The molecule has 3 N–H and O–H groups in total. The van der Waals surface area contributed by atoms with Gasteiger partial charge in [-0.3, -0.25) is 5.10 Å². The maximum atomic E-state index is 13.0. The van der Waals surface area contributed by atoms with Crippen LogP contribution < -0.4 is 4.72 Å². The third kappa shape index (κ3) is 3.15. The van der Waals surface area contributed by atoms with Gasteiger partial charge in [-0.15, -0.1) is 0 Å². The van der Waals surface area contributed by atoms with Crippen molar-refractivity contribution in [2.45, 2.75) is 18.2 Å². The molecule has 0 aliphatic rings. The molecular formula is C11H11ClFN3O3S. The molecule has 0 radical (unpaired) electrons. The van der Waals surface area contributed by atoms with Crippen LogP contribution in [-0.4, -0.2) is 23.7 Å². The molecule has 6 nitrogen and oxygen atoms in total. The molecule has 1 aromatic carbocycles. The quantitative estimate of drug-likeness (QED) is 0.771. The molecule has 0 atom stereocenters. The number of nitrogens with one attached hydrogen (secondary N) is 2. The summed E-state index contributed by atoms with van der Waals surface area (Å²) in [4.78, 5) is 0. The van der Waals surface area contributed by atoms with E-state index in [0.717, 1.165) is 6.07 Å². The van der Waals surface area contributed by atoms with Crippen LogP contribution in [0.5, 0.6) is 0 Å². The molecule has 2 aromatic rings. The molecule has 0 saturated heterocycles. The number of hydrogen-bond donors (Lipinski definition) is 3. The fourth-order valence-electron chi connectivity index (χ4n) is 1.54. The predicted octanol–water partition coefficient (Wildman–Crippen LogP) is 1.17. The van der Waals surface area contributed by atoms with Crippen molar-refractivity contribution in [1.82, 2.24) is 14.9 Å². The molecule has 0 aliphatic carbocycles. The molecule has 0 bridgehead atoms. The second-order valence-electron chi connectivity index (χ2n) is 3.96. The Kier molecular flexibility index (Phi) is 4.39. The second kappa shape index (κ2) is 5.88. The fourth-order valence-corrected chi connectivity index (χ4v) is 2.88. The van der Waals surface area contributed by atoms with Crippen molar-refractivity contribution in [2.24, 2.45) is 0 Å². The van der Waals surface area contributed by atoms with E-state index in [-0.39, 0.29) is 22.2 Å². The van der Waals surface area contributed by atoms with E-state index >= 15 is 0 Å². The largest absolute Gasteiger partial charge is 0.392 e. The van der Waals surface area contributed by atoms with Gasteiger partial charge in [0.25, 0.3) is 10.0 Å². The van der Waals surface area contributed by atoms with Gasteiger partial charge in [-0.05, 0) is 17.7 Å². The SMILES string of the molecule is O=S(=O)(NCc1ccc(F)c(Cl)c1)c1[nH]ncc1CO. The summed E-state index contributed by atoms with van der Waals surface area (Å²) in [7, 11) is -3.85. The Morgan fingerprint density at radius 2 is 2.20 bits per heavy atom. The first-order chi connectivity index (χ1) is 9.44. The van der Waals surface area contributed by atoms with E-state index in [2.05, 4.69) is 14.9 Å². The highest BCUT2D eigenvalue weighted by atomic mass is 35.5. The summed E-state index contributed by atoms with van der Waals surface area (Å²) in [5.74, 6) is -0.575. The van der Waals surface area contributed by atoms with E-state index in [9.17, 15) is 12.8 Å². The van der Waals surface area contributed by atoms with Crippen molar-refractivity contribution in [2.75, 3.05) is 0 Å². The van der Waals surface area contributed by atoms with E-state index in [1.165, 1.54) is 18.3 Å². The van der Waals surface area contributed by atoms with Crippen LogP contribution in [0.4, 0.5) is 4.39 Å². The summed E-state index contributed by atoms with van der Waals surface area (Å²) in [6, 6.07) is 3.91. The summed E-state index contributed by atoms with van der Waals surface area (Å²) in [5, 5.41) is 14.6. The molecule has 0 unspecified atom stereocenters. The van der Waals surface area contributed by atoms with Gasteiger partial charge < -0.3 is 5.11 Å². The molecule has 0 saturated carbocycles. The molecule has 0 aliphatic heterocycles. The zero-order chi connectivity index (χ0) is 14.8. The number of hydrogen-bond acceptors (Lipinski definition) is 4. The summed E-state index contributed by atoms with van der Waals surface area (Å²) in [5.41, 5.74) is 0.666. The van der Waals surface area contributed by atoms with Crippen LogP contribution in [0.15, 0.2) is 29.4 Å². The van der Waals surface area contributed by atoms with Crippen LogP contribution in [0.3, 0.4) is 0 Å². The lowest BCUT2D eigenvalue weighted by atomic mass is 10.2. The first-order valence-electron chi connectivity index (χ1n) is 5.50. The zero-order valence-corrected chi connectivity index (χ0v) is 11.7. The molecule has 2 rings (SSSR count). The summed E-state index contributed by atoms with van der Waals surface area (Å²) < 4.78 is 39.3.